The summed E-state index contributed by atoms with van der Waals surface area (Å²) >= 11 is 0. The molecular weight excluding hydrogens is 406 g/mol. The van der Waals surface area contributed by atoms with Crippen molar-refractivity contribution >= 4 is 29.9 Å². The van der Waals surface area contributed by atoms with Gasteiger partial charge in [-0.05, 0) is 18.2 Å². The molecule has 1 aromatic carbocycles. The first-order valence-corrected chi connectivity index (χ1v) is 6.27. The molecule has 0 unspecified atom stereocenters. The maximum absolute atomic E-state index is 12.6. The van der Waals surface area contributed by atoms with Crippen molar-refractivity contribution in [1.82, 2.24) is 9.80 Å². The van der Waals surface area contributed by atoms with E-state index in [-0.39, 0.29) is 30.5 Å². The fourth-order valence-corrected chi connectivity index (χ4v) is 1.71. The number of halogens is 4. The van der Waals surface area contributed by atoms with Crippen LogP contribution in [0.2, 0.25) is 0 Å². The van der Waals surface area contributed by atoms with Crippen molar-refractivity contribution in [3.05, 3.63) is 35.4 Å². The third-order valence-electron chi connectivity index (χ3n) is 2.52. The fraction of sp³-hybridized carbons (Fsp3) is 0.400. The zero-order chi connectivity index (χ0) is 16.0. The summed E-state index contributed by atoms with van der Waals surface area (Å²) in [6.45, 7) is 0.224. The summed E-state index contributed by atoms with van der Waals surface area (Å²) in [5.41, 5.74) is -0.364. The first kappa shape index (κ1) is 20.6. The highest BCUT2D eigenvalue weighted by atomic mass is 127. The molecule has 7 heteroatoms. The Morgan fingerprint density at radius 2 is 1.73 bits per heavy atom. The Morgan fingerprint density at radius 1 is 1.14 bits per heavy atom. The van der Waals surface area contributed by atoms with E-state index in [1.54, 1.807) is 6.07 Å². The number of hydrogen-bond donors (Lipinski definition) is 0. The Bertz CT molecular complexity index is 559. The van der Waals surface area contributed by atoms with E-state index in [4.69, 9.17) is 0 Å². The van der Waals surface area contributed by atoms with Gasteiger partial charge < -0.3 is 9.80 Å². The minimum atomic E-state index is -4.35. The summed E-state index contributed by atoms with van der Waals surface area (Å²) in [5, 5.41) is 0. The molecular formula is C15H19F3IN3. The molecule has 1 aromatic rings. The van der Waals surface area contributed by atoms with E-state index in [1.165, 1.54) is 6.07 Å². The first-order chi connectivity index (χ1) is 9.71. The van der Waals surface area contributed by atoms with Gasteiger partial charge in [0.2, 0.25) is 0 Å². The monoisotopic (exact) mass is 425 g/mol. The molecule has 0 amide bonds. The van der Waals surface area contributed by atoms with Crippen LogP contribution < -0.4 is 0 Å². The predicted octanol–water partition coefficient (Wildman–Crippen LogP) is 3.15. The number of nitrogens with zero attached hydrogens (tertiary/aromatic N) is 3. The van der Waals surface area contributed by atoms with E-state index in [9.17, 15) is 13.2 Å². The van der Waals surface area contributed by atoms with Crippen LogP contribution in [0.4, 0.5) is 13.2 Å². The maximum atomic E-state index is 12.6. The van der Waals surface area contributed by atoms with Crippen molar-refractivity contribution in [2.24, 2.45) is 4.99 Å². The molecule has 0 heterocycles. The normalized spacial score (nSPS) is 9.95. The number of alkyl halides is 3. The van der Waals surface area contributed by atoms with Crippen molar-refractivity contribution in [2.45, 2.75) is 6.18 Å². The van der Waals surface area contributed by atoms with Gasteiger partial charge in [0.1, 0.15) is 6.54 Å². The number of guanidine groups is 1. The first-order valence-electron chi connectivity index (χ1n) is 6.27. The molecule has 0 saturated carbocycles. The van der Waals surface area contributed by atoms with Crippen molar-refractivity contribution < 1.29 is 13.2 Å². The van der Waals surface area contributed by atoms with Crippen molar-refractivity contribution in [3.63, 3.8) is 0 Å². The van der Waals surface area contributed by atoms with E-state index in [0.717, 1.165) is 18.1 Å². The van der Waals surface area contributed by atoms with Crippen LogP contribution in [0, 0.1) is 11.8 Å². The molecule has 1 rings (SSSR count). The van der Waals surface area contributed by atoms with Gasteiger partial charge in [-0.1, -0.05) is 17.9 Å². The third kappa shape index (κ3) is 6.56. The summed E-state index contributed by atoms with van der Waals surface area (Å²) in [6.07, 6.45) is -4.35. The van der Waals surface area contributed by atoms with Crippen molar-refractivity contribution in [1.29, 1.82) is 0 Å². The molecule has 0 N–H and O–H groups in total. The standard InChI is InChI=1S/C15H18F3N3.HI/c1-20(2)14(21(3)4)19-10-6-8-12-7-5-9-13(11-12)15(16,17)18;/h5,7,9,11H,10H2,1-4H3;1H. The summed E-state index contributed by atoms with van der Waals surface area (Å²) in [4.78, 5) is 7.96. The van der Waals surface area contributed by atoms with Gasteiger partial charge in [0, 0.05) is 33.8 Å². The zero-order valence-corrected chi connectivity index (χ0v) is 15.2. The highest BCUT2D eigenvalue weighted by Gasteiger charge is 2.30. The quantitative estimate of drug-likeness (QED) is 0.298. The van der Waals surface area contributed by atoms with Gasteiger partial charge >= 0.3 is 6.18 Å². The van der Waals surface area contributed by atoms with E-state index in [1.807, 2.05) is 38.0 Å². The minimum Gasteiger partial charge on any atom is -0.349 e. The van der Waals surface area contributed by atoms with Crippen LogP contribution in [0.3, 0.4) is 0 Å². The molecule has 0 spiro atoms. The van der Waals surface area contributed by atoms with Gasteiger partial charge in [0.15, 0.2) is 5.96 Å². The minimum absolute atomic E-state index is 0. The second-order valence-corrected chi connectivity index (χ2v) is 4.79. The summed E-state index contributed by atoms with van der Waals surface area (Å²) in [5.74, 6) is 6.20. The average molecular weight is 425 g/mol. The second kappa shape index (κ2) is 8.88. The van der Waals surface area contributed by atoms with Gasteiger partial charge in [0.25, 0.3) is 0 Å². The molecule has 0 bridgehead atoms. The largest absolute Gasteiger partial charge is 0.416 e. The maximum Gasteiger partial charge on any atom is 0.416 e. The molecule has 3 nitrogen and oxygen atoms in total. The molecule has 0 atom stereocenters. The molecule has 0 saturated heterocycles. The lowest BCUT2D eigenvalue weighted by atomic mass is 10.1. The van der Waals surface area contributed by atoms with Crippen LogP contribution in [0.25, 0.3) is 0 Å². The van der Waals surface area contributed by atoms with Gasteiger partial charge in [-0.25, -0.2) is 4.99 Å². The van der Waals surface area contributed by atoms with E-state index < -0.39 is 11.7 Å². The Kier molecular flexibility index (Phi) is 8.30. The van der Waals surface area contributed by atoms with Gasteiger partial charge in [0.05, 0.1) is 5.56 Å². The molecule has 0 fully saturated rings. The lowest BCUT2D eigenvalue weighted by Crippen LogP contribution is -2.35. The van der Waals surface area contributed by atoms with Crippen LogP contribution in [0.5, 0.6) is 0 Å². The lowest BCUT2D eigenvalue weighted by molar-refractivity contribution is -0.137. The lowest BCUT2D eigenvalue weighted by Gasteiger charge is -2.22. The zero-order valence-electron chi connectivity index (χ0n) is 12.9. The van der Waals surface area contributed by atoms with Gasteiger partial charge in [-0.3, -0.25) is 0 Å². The summed E-state index contributed by atoms with van der Waals surface area (Å²) in [6, 6.07) is 4.96. The number of aliphatic imine (C=N–C) groups is 1. The third-order valence-corrected chi connectivity index (χ3v) is 2.52. The van der Waals surface area contributed by atoms with Gasteiger partial charge in [-0.2, -0.15) is 13.2 Å². The van der Waals surface area contributed by atoms with Crippen molar-refractivity contribution in [3.8, 4) is 11.8 Å². The highest BCUT2D eigenvalue weighted by Crippen LogP contribution is 2.29. The van der Waals surface area contributed by atoms with Crippen LogP contribution >= 0.6 is 24.0 Å². The van der Waals surface area contributed by atoms with Crippen molar-refractivity contribution in [2.75, 3.05) is 34.7 Å². The number of rotatable bonds is 1. The smallest absolute Gasteiger partial charge is 0.349 e. The molecule has 22 heavy (non-hydrogen) atoms. The SMILES string of the molecule is CN(C)C(=NCC#Cc1cccc(C(F)(F)F)c1)N(C)C.I. The van der Waals surface area contributed by atoms with E-state index in [0.29, 0.717) is 5.56 Å². The highest BCUT2D eigenvalue weighted by molar-refractivity contribution is 14.0. The van der Waals surface area contributed by atoms with Crippen LogP contribution in [0.15, 0.2) is 29.3 Å². The molecule has 0 aliphatic carbocycles. The van der Waals surface area contributed by atoms with E-state index >= 15 is 0 Å². The Hall–Kier alpha value is -1.43. The molecule has 0 aromatic heterocycles. The summed E-state index contributed by atoms with van der Waals surface area (Å²) < 4.78 is 37.7. The Balaban J connectivity index is 0.00000441. The Labute approximate surface area is 146 Å². The summed E-state index contributed by atoms with van der Waals surface area (Å²) in [7, 11) is 7.44. The van der Waals surface area contributed by atoms with E-state index in [2.05, 4.69) is 16.8 Å². The number of benzene rings is 1. The van der Waals surface area contributed by atoms with Gasteiger partial charge in [-0.15, -0.1) is 24.0 Å². The molecule has 0 radical (unpaired) electrons. The molecule has 0 aliphatic rings. The molecule has 0 aliphatic heterocycles. The topological polar surface area (TPSA) is 18.8 Å². The Morgan fingerprint density at radius 3 is 2.23 bits per heavy atom. The van der Waals surface area contributed by atoms with Crippen LogP contribution in [-0.4, -0.2) is 50.5 Å². The predicted molar refractivity (Wildman–Crippen MR) is 93.4 cm³/mol. The number of hydrogen-bond acceptors (Lipinski definition) is 1. The van der Waals surface area contributed by atoms with Crippen LogP contribution in [0.1, 0.15) is 11.1 Å². The fourth-order valence-electron chi connectivity index (χ4n) is 1.71. The molecule has 122 valence electrons. The average Bonchev–Trinajstić information content (AvgIpc) is 2.37. The second-order valence-electron chi connectivity index (χ2n) is 4.79. The van der Waals surface area contributed by atoms with Crippen LogP contribution in [-0.2, 0) is 6.18 Å².